The molecule has 1 rings (SSSR count). The average Bonchev–Trinajstić information content (AvgIpc) is 2.37. The summed E-state index contributed by atoms with van der Waals surface area (Å²) in [5.41, 5.74) is 0.386. The first-order chi connectivity index (χ1) is 5.24. The molecule has 0 unspecified atom stereocenters. The first-order valence-corrected chi connectivity index (χ1v) is 3.17. The summed E-state index contributed by atoms with van der Waals surface area (Å²) in [7, 11) is 1.28. The van der Waals surface area contributed by atoms with Gasteiger partial charge in [0, 0.05) is 5.57 Å². The average molecular weight is 156 g/mol. The second-order valence-corrected chi connectivity index (χ2v) is 2.08. The summed E-state index contributed by atoms with van der Waals surface area (Å²) >= 11 is 0. The Kier molecular flexibility index (Phi) is 2.25. The molecule has 0 saturated carbocycles. The van der Waals surface area contributed by atoms with Crippen LogP contribution >= 0.6 is 0 Å². The van der Waals surface area contributed by atoms with Crippen molar-refractivity contribution in [2.24, 2.45) is 0 Å². The van der Waals surface area contributed by atoms with Gasteiger partial charge in [-0.05, 0) is 6.08 Å². The van der Waals surface area contributed by atoms with E-state index in [9.17, 15) is 9.59 Å². The van der Waals surface area contributed by atoms with Gasteiger partial charge < -0.3 is 9.47 Å². The fraction of sp³-hybridized carbons (Fsp3) is 0.429. The molecule has 0 saturated heterocycles. The molecule has 0 atom stereocenters. The van der Waals surface area contributed by atoms with E-state index in [2.05, 4.69) is 9.47 Å². The van der Waals surface area contributed by atoms with E-state index in [1.807, 2.05) is 0 Å². The summed E-state index contributed by atoms with van der Waals surface area (Å²) in [5.74, 6) is -0.842. The second kappa shape index (κ2) is 3.18. The van der Waals surface area contributed by atoms with Gasteiger partial charge in [-0.25, -0.2) is 4.79 Å². The van der Waals surface area contributed by atoms with E-state index in [-0.39, 0.29) is 13.0 Å². The molecule has 1 aliphatic heterocycles. The molecule has 4 heteroatoms. The van der Waals surface area contributed by atoms with Gasteiger partial charge in [0.1, 0.15) is 6.61 Å². The van der Waals surface area contributed by atoms with Crippen LogP contribution in [0.4, 0.5) is 0 Å². The first kappa shape index (κ1) is 7.78. The minimum absolute atomic E-state index is 0.00926. The summed E-state index contributed by atoms with van der Waals surface area (Å²) in [6, 6.07) is 0. The van der Waals surface area contributed by atoms with Crippen molar-refractivity contribution < 1.29 is 19.1 Å². The van der Waals surface area contributed by atoms with Crippen LogP contribution in [0.2, 0.25) is 0 Å². The third kappa shape index (κ3) is 1.80. The maximum absolute atomic E-state index is 10.7. The highest BCUT2D eigenvalue weighted by Gasteiger charge is 2.19. The van der Waals surface area contributed by atoms with Crippen molar-refractivity contribution >= 4 is 11.9 Å². The standard InChI is InChI=1S/C7H8O4/c1-10-6(8)4-5-2-3-11-7(5)9/h2H,3-4H2,1H3. The number of carbonyl (C=O) groups excluding carboxylic acids is 2. The summed E-state index contributed by atoms with van der Waals surface area (Å²) in [6.07, 6.45) is 1.59. The zero-order chi connectivity index (χ0) is 8.27. The molecule has 0 aromatic carbocycles. The van der Waals surface area contributed by atoms with E-state index in [0.29, 0.717) is 5.57 Å². The van der Waals surface area contributed by atoms with Crippen molar-refractivity contribution in [1.82, 2.24) is 0 Å². The smallest absolute Gasteiger partial charge is 0.334 e. The topological polar surface area (TPSA) is 52.6 Å². The molecule has 0 N–H and O–H groups in total. The van der Waals surface area contributed by atoms with Crippen LogP contribution in [-0.2, 0) is 19.1 Å². The number of hydrogen-bond acceptors (Lipinski definition) is 4. The summed E-state index contributed by atoms with van der Waals surface area (Å²) in [4.78, 5) is 21.4. The van der Waals surface area contributed by atoms with Gasteiger partial charge in [-0.3, -0.25) is 4.79 Å². The lowest BCUT2D eigenvalue weighted by Crippen LogP contribution is -2.06. The van der Waals surface area contributed by atoms with Crippen LogP contribution in [-0.4, -0.2) is 25.7 Å². The van der Waals surface area contributed by atoms with Crippen molar-refractivity contribution in [2.45, 2.75) is 6.42 Å². The Morgan fingerprint density at radius 2 is 2.55 bits per heavy atom. The van der Waals surface area contributed by atoms with Gasteiger partial charge in [-0.1, -0.05) is 0 Å². The lowest BCUT2D eigenvalue weighted by atomic mass is 10.2. The number of rotatable bonds is 2. The molecule has 4 nitrogen and oxygen atoms in total. The molecule has 0 aromatic heterocycles. The quantitative estimate of drug-likeness (QED) is 0.529. The van der Waals surface area contributed by atoms with Crippen molar-refractivity contribution in [3.63, 3.8) is 0 Å². The summed E-state index contributed by atoms with van der Waals surface area (Å²) in [6.45, 7) is 0.269. The predicted octanol–water partition coefficient (Wildman–Crippen LogP) is 0.0327. The van der Waals surface area contributed by atoms with Gasteiger partial charge in [0.15, 0.2) is 0 Å². The van der Waals surface area contributed by atoms with Gasteiger partial charge in [0.2, 0.25) is 0 Å². The fourth-order valence-corrected chi connectivity index (χ4v) is 0.766. The SMILES string of the molecule is COC(=O)CC1=CCOC1=O. The van der Waals surface area contributed by atoms with Crippen LogP contribution in [0.15, 0.2) is 11.6 Å². The lowest BCUT2D eigenvalue weighted by Gasteiger charge is -1.96. The number of methoxy groups -OCH3 is 1. The van der Waals surface area contributed by atoms with Crippen molar-refractivity contribution in [3.8, 4) is 0 Å². The van der Waals surface area contributed by atoms with Gasteiger partial charge in [0.05, 0.1) is 13.5 Å². The van der Waals surface area contributed by atoms with E-state index < -0.39 is 11.9 Å². The number of esters is 2. The number of ether oxygens (including phenoxy) is 2. The highest BCUT2D eigenvalue weighted by Crippen LogP contribution is 2.10. The van der Waals surface area contributed by atoms with Crippen LogP contribution in [0.25, 0.3) is 0 Å². The van der Waals surface area contributed by atoms with E-state index in [0.717, 1.165) is 0 Å². The third-order valence-electron chi connectivity index (χ3n) is 1.37. The van der Waals surface area contributed by atoms with Gasteiger partial charge in [-0.15, -0.1) is 0 Å². The molecular weight excluding hydrogens is 148 g/mol. The minimum Gasteiger partial charge on any atom is -0.469 e. The van der Waals surface area contributed by atoms with E-state index in [4.69, 9.17) is 0 Å². The molecule has 0 radical (unpaired) electrons. The number of cyclic esters (lactones) is 1. The van der Waals surface area contributed by atoms with Gasteiger partial charge in [-0.2, -0.15) is 0 Å². The Labute approximate surface area is 63.8 Å². The van der Waals surface area contributed by atoms with Crippen LogP contribution < -0.4 is 0 Å². The monoisotopic (exact) mass is 156 g/mol. The highest BCUT2D eigenvalue weighted by atomic mass is 16.5. The molecule has 0 fully saturated rings. The lowest BCUT2D eigenvalue weighted by molar-refractivity contribution is -0.142. The molecule has 60 valence electrons. The zero-order valence-corrected chi connectivity index (χ0v) is 6.12. The van der Waals surface area contributed by atoms with Gasteiger partial charge in [0.25, 0.3) is 0 Å². The van der Waals surface area contributed by atoms with Gasteiger partial charge >= 0.3 is 11.9 Å². The minimum atomic E-state index is -0.421. The summed E-state index contributed by atoms with van der Waals surface area (Å²) < 4.78 is 8.94. The Morgan fingerprint density at radius 3 is 3.00 bits per heavy atom. The Bertz CT molecular complexity index is 216. The zero-order valence-electron chi connectivity index (χ0n) is 6.12. The Morgan fingerprint density at radius 1 is 1.82 bits per heavy atom. The van der Waals surface area contributed by atoms with E-state index in [1.165, 1.54) is 7.11 Å². The third-order valence-corrected chi connectivity index (χ3v) is 1.37. The molecule has 1 heterocycles. The highest BCUT2D eigenvalue weighted by molar-refractivity contribution is 5.95. The van der Waals surface area contributed by atoms with E-state index in [1.54, 1.807) is 6.08 Å². The molecule has 0 aliphatic carbocycles. The molecule has 0 bridgehead atoms. The largest absolute Gasteiger partial charge is 0.469 e. The van der Waals surface area contributed by atoms with Crippen molar-refractivity contribution in [2.75, 3.05) is 13.7 Å². The van der Waals surface area contributed by atoms with Crippen LogP contribution in [0.5, 0.6) is 0 Å². The van der Waals surface area contributed by atoms with E-state index >= 15 is 0 Å². The molecule has 11 heavy (non-hydrogen) atoms. The van der Waals surface area contributed by atoms with Crippen LogP contribution in [0.3, 0.4) is 0 Å². The maximum atomic E-state index is 10.7. The first-order valence-electron chi connectivity index (χ1n) is 3.17. The molecule has 0 aromatic rings. The Balaban J connectivity index is 2.49. The van der Waals surface area contributed by atoms with Crippen molar-refractivity contribution in [3.05, 3.63) is 11.6 Å². The molecule has 0 amide bonds. The molecule has 1 aliphatic rings. The number of carbonyl (C=O) groups is 2. The van der Waals surface area contributed by atoms with Crippen molar-refractivity contribution in [1.29, 1.82) is 0 Å². The molecular formula is C7H8O4. The molecule has 0 spiro atoms. The second-order valence-electron chi connectivity index (χ2n) is 2.08. The van der Waals surface area contributed by atoms with Crippen LogP contribution in [0, 0.1) is 0 Å². The maximum Gasteiger partial charge on any atom is 0.334 e. The normalized spacial score (nSPS) is 15.7. The number of hydrogen-bond donors (Lipinski definition) is 0. The predicted molar refractivity (Wildman–Crippen MR) is 35.7 cm³/mol. The Hall–Kier alpha value is -1.32. The fourth-order valence-electron chi connectivity index (χ4n) is 0.766. The summed E-state index contributed by atoms with van der Waals surface area (Å²) in [5, 5.41) is 0. The van der Waals surface area contributed by atoms with Crippen LogP contribution in [0.1, 0.15) is 6.42 Å².